The third-order valence-corrected chi connectivity index (χ3v) is 3.70. The Bertz CT molecular complexity index is 163. The van der Waals surface area contributed by atoms with Crippen molar-refractivity contribution in [2.24, 2.45) is 5.92 Å². The minimum atomic E-state index is -0.0423. The molecule has 13 heavy (non-hydrogen) atoms. The molecule has 1 saturated carbocycles. The molecule has 0 spiro atoms. The van der Waals surface area contributed by atoms with Crippen molar-refractivity contribution >= 4 is 0 Å². The molecule has 2 fully saturated rings. The summed E-state index contributed by atoms with van der Waals surface area (Å²) in [5, 5.41) is 9.44. The second kappa shape index (κ2) is 3.97. The van der Waals surface area contributed by atoms with Gasteiger partial charge in [-0.1, -0.05) is 6.92 Å². The predicted octanol–water partition coefficient (Wildman–Crippen LogP) is 1.63. The Morgan fingerprint density at radius 2 is 1.77 bits per heavy atom. The summed E-state index contributed by atoms with van der Waals surface area (Å²) in [4.78, 5) is 2.50. The van der Waals surface area contributed by atoms with Gasteiger partial charge < -0.3 is 5.11 Å². The van der Waals surface area contributed by atoms with Gasteiger partial charge in [0.1, 0.15) is 0 Å². The Hall–Kier alpha value is -0.0800. The summed E-state index contributed by atoms with van der Waals surface area (Å²) in [6.07, 6.45) is 6.43. The van der Waals surface area contributed by atoms with E-state index in [1.165, 1.54) is 25.7 Å². The maximum atomic E-state index is 9.44. The van der Waals surface area contributed by atoms with Crippen LogP contribution in [0.2, 0.25) is 0 Å². The van der Waals surface area contributed by atoms with E-state index in [9.17, 15) is 5.11 Å². The lowest BCUT2D eigenvalue weighted by atomic mass is 9.87. The van der Waals surface area contributed by atoms with Gasteiger partial charge in [-0.15, -0.1) is 0 Å². The summed E-state index contributed by atoms with van der Waals surface area (Å²) in [7, 11) is 0. The Morgan fingerprint density at radius 1 is 1.08 bits per heavy atom. The van der Waals surface area contributed by atoms with Gasteiger partial charge in [0.15, 0.2) is 0 Å². The van der Waals surface area contributed by atoms with Gasteiger partial charge in [0, 0.05) is 19.1 Å². The Balaban J connectivity index is 1.81. The van der Waals surface area contributed by atoms with Gasteiger partial charge in [0.05, 0.1) is 6.10 Å². The fourth-order valence-corrected chi connectivity index (χ4v) is 2.71. The summed E-state index contributed by atoms with van der Waals surface area (Å²) in [6, 6.07) is 0.786. The highest BCUT2D eigenvalue weighted by Crippen LogP contribution is 2.28. The maximum Gasteiger partial charge on any atom is 0.0679 e. The van der Waals surface area contributed by atoms with E-state index < -0.39 is 0 Å². The van der Waals surface area contributed by atoms with Crippen molar-refractivity contribution in [3.05, 3.63) is 0 Å². The molecule has 1 atom stereocenters. The minimum absolute atomic E-state index is 0.0423. The lowest BCUT2D eigenvalue weighted by Crippen LogP contribution is -2.36. The molecule has 1 aliphatic carbocycles. The van der Waals surface area contributed by atoms with Gasteiger partial charge in [-0.2, -0.15) is 0 Å². The van der Waals surface area contributed by atoms with E-state index in [2.05, 4.69) is 11.8 Å². The summed E-state index contributed by atoms with van der Waals surface area (Å²) >= 11 is 0. The number of likely N-dealkylation sites (tertiary alicyclic amines) is 1. The van der Waals surface area contributed by atoms with E-state index in [4.69, 9.17) is 0 Å². The molecule has 0 radical (unpaired) electrons. The molecule has 0 aromatic carbocycles. The zero-order chi connectivity index (χ0) is 9.26. The van der Waals surface area contributed by atoms with Crippen LogP contribution >= 0.6 is 0 Å². The second-order valence-electron chi connectivity index (χ2n) is 4.85. The largest absolute Gasteiger partial charge is 0.392 e. The number of β-amino-alcohol motifs (C(OH)–C–C–N with tert-alkyl or cyclic N) is 1. The van der Waals surface area contributed by atoms with Gasteiger partial charge >= 0.3 is 0 Å². The van der Waals surface area contributed by atoms with E-state index in [1.54, 1.807) is 0 Å². The monoisotopic (exact) mass is 183 g/mol. The average Bonchev–Trinajstić information content (AvgIpc) is 2.53. The number of hydrogen-bond acceptors (Lipinski definition) is 2. The number of hydrogen-bond donors (Lipinski definition) is 1. The first-order valence-corrected chi connectivity index (χ1v) is 5.68. The Morgan fingerprint density at radius 3 is 2.31 bits per heavy atom. The number of nitrogens with zero attached hydrogens (tertiary/aromatic N) is 1. The summed E-state index contributed by atoms with van der Waals surface area (Å²) in [5.74, 6) is 0.934. The molecular formula is C11H21NO. The third kappa shape index (κ3) is 2.23. The molecule has 1 heterocycles. The van der Waals surface area contributed by atoms with Crippen molar-refractivity contribution in [1.29, 1.82) is 0 Å². The molecule has 0 aromatic heterocycles. The molecule has 1 aliphatic heterocycles. The van der Waals surface area contributed by atoms with Crippen LogP contribution in [0.1, 0.15) is 39.0 Å². The van der Waals surface area contributed by atoms with Crippen LogP contribution in [0.25, 0.3) is 0 Å². The van der Waals surface area contributed by atoms with Gasteiger partial charge in [-0.05, 0) is 38.0 Å². The van der Waals surface area contributed by atoms with E-state index >= 15 is 0 Å². The predicted molar refractivity (Wildman–Crippen MR) is 53.6 cm³/mol. The molecule has 1 saturated heterocycles. The van der Waals surface area contributed by atoms with Crippen LogP contribution in [-0.2, 0) is 0 Å². The molecule has 76 valence electrons. The smallest absolute Gasteiger partial charge is 0.0679 e. The molecule has 2 aliphatic rings. The van der Waals surface area contributed by atoms with Crippen molar-refractivity contribution in [2.45, 2.75) is 51.2 Å². The van der Waals surface area contributed by atoms with Crippen molar-refractivity contribution in [1.82, 2.24) is 4.90 Å². The van der Waals surface area contributed by atoms with Crippen LogP contribution < -0.4 is 0 Å². The average molecular weight is 183 g/mol. The van der Waals surface area contributed by atoms with E-state index in [0.29, 0.717) is 0 Å². The molecule has 0 bridgehead atoms. The quantitative estimate of drug-likeness (QED) is 0.668. The summed E-state index contributed by atoms with van der Waals surface area (Å²) in [6.45, 7) is 4.41. The van der Waals surface area contributed by atoms with Gasteiger partial charge in [-0.25, -0.2) is 0 Å². The fourth-order valence-electron chi connectivity index (χ4n) is 2.71. The fraction of sp³-hybridized carbons (Fsp3) is 1.00. The van der Waals surface area contributed by atoms with Crippen LogP contribution in [0.15, 0.2) is 0 Å². The molecular weight excluding hydrogens is 162 g/mol. The third-order valence-electron chi connectivity index (χ3n) is 3.70. The second-order valence-corrected chi connectivity index (χ2v) is 4.85. The molecule has 1 N–H and O–H groups in total. The highest BCUT2D eigenvalue weighted by molar-refractivity contribution is 4.84. The summed E-state index contributed by atoms with van der Waals surface area (Å²) in [5.41, 5.74) is 0. The zero-order valence-corrected chi connectivity index (χ0v) is 8.58. The van der Waals surface area contributed by atoms with E-state index in [0.717, 1.165) is 31.5 Å². The van der Waals surface area contributed by atoms with E-state index in [-0.39, 0.29) is 6.10 Å². The van der Waals surface area contributed by atoms with Crippen LogP contribution in [-0.4, -0.2) is 35.2 Å². The Kier molecular flexibility index (Phi) is 2.89. The normalized spacial score (nSPS) is 42.5. The van der Waals surface area contributed by atoms with Crippen molar-refractivity contribution in [2.75, 3.05) is 13.1 Å². The lowest BCUT2D eigenvalue weighted by molar-refractivity contribution is 0.133. The van der Waals surface area contributed by atoms with Crippen molar-refractivity contribution in [3.8, 4) is 0 Å². The maximum absolute atomic E-state index is 9.44. The highest BCUT2D eigenvalue weighted by Gasteiger charge is 2.29. The molecule has 0 amide bonds. The van der Waals surface area contributed by atoms with Gasteiger partial charge in [-0.3, -0.25) is 4.90 Å². The van der Waals surface area contributed by atoms with Crippen molar-refractivity contribution in [3.63, 3.8) is 0 Å². The standard InChI is InChI=1S/C11H21NO/c1-9-2-4-10(5-3-9)12-7-6-11(13)8-12/h9-11,13H,2-8H2,1H3/t9-,10-,11-/m0/s1. The molecule has 2 heteroatoms. The van der Waals surface area contributed by atoms with Gasteiger partial charge in [0.2, 0.25) is 0 Å². The number of aliphatic hydroxyl groups excluding tert-OH is 1. The zero-order valence-electron chi connectivity index (χ0n) is 8.58. The summed E-state index contributed by atoms with van der Waals surface area (Å²) < 4.78 is 0. The van der Waals surface area contributed by atoms with Gasteiger partial charge in [0.25, 0.3) is 0 Å². The Labute approximate surface area is 80.9 Å². The number of aliphatic hydroxyl groups is 1. The number of rotatable bonds is 1. The van der Waals surface area contributed by atoms with Crippen LogP contribution in [0.4, 0.5) is 0 Å². The van der Waals surface area contributed by atoms with Crippen molar-refractivity contribution < 1.29 is 5.11 Å². The molecule has 0 unspecified atom stereocenters. The first kappa shape index (κ1) is 9.47. The van der Waals surface area contributed by atoms with Crippen LogP contribution in [0.5, 0.6) is 0 Å². The highest BCUT2D eigenvalue weighted by atomic mass is 16.3. The van der Waals surface area contributed by atoms with Crippen LogP contribution in [0.3, 0.4) is 0 Å². The SMILES string of the molecule is C[C@H]1CC[C@H](N2CC[C@H](O)C2)CC1. The molecule has 2 rings (SSSR count). The lowest BCUT2D eigenvalue weighted by Gasteiger charge is -2.33. The topological polar surface area (TPSA) is 23.5 Å². The van der Waals surface area contributed by atoms with E-state index in [1.807, 2.05) is 0 Å². The minimum Gasteiger partial charge on any atom is -0.392 e. The first-order valence-electron chi connectivity index (χ1n) is 5.68. The first-order chi connectivity index (χ1) is 6.25. The van der Waals surface area contributed by atoms with Crippen LogP contribution in [0, 0.1) is 5.92 Å². The molecule has 2 nitrogen and oxygen atoms in total. The molecule has 0 aromatic rings.